The maximum absolute atomic E-state index is 3.65. The normalized spacial score (nSPS) is 31.5. The molecule has 2 heteroatoms. The number of allylic oxidation sites excluding steroid dienone is 4. The van der Waals surface area contributed by atoms with Crippen LogP contribution >= 0.6 is 31.9 Å². The second-order valence-corrected chi connectivity index (χ2v) is 5.23. The standard InChI is InChI=1S/C10H14Br2/c1-5-6(2)10(12)8(4)7(3)9(5)11/h5-6H,1-4H3. The molecular formula is C10H14Br2. The number of hydrogen-bond acceptors (Lipinski definition) is 0. The lowest BCUT2D eigenvalue weighted by Crippen LogP contribution is -2.15. The smallest absolute Gasteiger partial charge is 0.00171 e. The van der Waals surface area contributed by atoms with Gasteiger partial charge in [-0.1, -0.05) is 45.7 Å². The van der Waals surface area contributed by atoms with Gasteiger partial charge >= 0.3 is 0 Å². The first-order chi connectivity index (χ1) is 5.46. The lowest BCUT2D eigenvalue weighted by molar-refractivity contribution is 0.531. The van der Waals surface area contributed by atoms with Crippen LogP contribution in [-0.4, -0.2) is 0 Å². The van der Waals surface area contributed by atoms with Crippen molar-refractivity contribution in [3.05, 3.63) is 20.1 Å². The molecule has 12 heavy (non-hydrogen) atoms. The van der Waals surface area contributed by atoms with Gasteiger partial charge in [0.25, 0.3) is 0 Å². The summed E-state index contributed by atoms with van der Waals surface area (Å²) in [6, 6.07) is 0. The molecular weight excluding hydrogens is 280 g/mol. The van der Waals surface area contributed by atoms with Crippen LogP contribution in [0.2, 0.25) is 0 Å². The molecule has 0 fully saturated rings. The predicted octanol–water partition coefficient (Wildman–Crippen LogP) is 4.61. The highest BCUT2D eigenvalue weighted by Gasteiger charge is 2.25. The fraction of sp³-hybridized carbons (Fsp3) is 0.600. The molecule has 0 saturated heterocycles. The van der Waals surface area contributed by atoms with E-state index in [0.717, 1.165) is 0 Å². The molecule has 0 amide bonds. The van der Waals surface area contributed by atoms with Gasteiger partial charge in [-0.15, -0.1) is 0 Å². The van der Waals surface area contributed by atoms with Crippen molar-refractivity contribution in [3.8, 4) is 0 Å². The summed E-state index contributed by atoms with van der Waals surface area (Å²) in [4.78, 5) is 0. The van der Waals surface area contributed by atoms with Crippen LogP contribution in [0.3, 0.4) is 0 Å². The Labute approximate surface area is 91.4 Å². The zero-order valence-corrected chi connectivity index (χ0v) is 11.1. The Morgan fingerprint density at radius 1 is 0.833 bits per heavy atom. The van der Waals surface area contributed by atoms with Gasteiger partial charge in [-0.25, -0.2) is 0 Å². The van der Waals surface area contributed by atoms with E-state index in [9.17, 15) is 0 Å². The molecule has 1 aliphatic carbocycles. The van der Waals surface area contributed by atoms with Gasteiger partial charge in [0.1, 0.15) is 0 Å². The maximum atomic E-state index is 3.65. The lowest BCUT2D eigenvalue weighted by atomic mass is 9.85. The van der Waals surface area contributed by atoms with Gasteiger partial charge in [-0.3, -0.25) is 0 Å². The third-order valence-corrected chi connectivity index (χ3v) is 5.46. The molecule has 0 radical (unpaired) electrons. The van der Waals surface area contributed by atoms with E-state index in [1.165, 1.54) is 20.1 Å². The average Bonchev–Trinajstić information content (AvgIpc) is 2.08. The fourth-order valence-electron chi connectivity index (χ4n) is 1.48. The zero-order valence-electron chi connectivity index (χ0n) is 7.91. The van der Waals surface area contributed by atoms with E-state index in [4.69, 9.17) is 0 Å². The third-order valence-electron chi connectivity index (χ3n) is 2.83. The van der Waals surface area contributed by atoms with Crippen LogP contribution in [0.5, 0.6) is 0 Å². The van der Waals surface area contributed by atoms with Crippen LogP contribution in [0.4, 0.5) is 0 Å². The van der Waals surface area contributed by atoms with E-state index < -0.39 is 0 Å². The summed E-state index contributed by atoms with van der Waals surface area (Å²) in [6.45, 7) is 8.85. The molecule has 0 nitrogen and oxygen atoms in total. The van der Waals surface area contributed by atoms with Gasteiger partial charge in [0.2, 0.25) is 0 Å². The Morgan fingerprint density at radius 2 is 1.08 bits per heavy atom. The van der Waals surface area contributed by atoms with E-state index in [0.29, 0.717) is 11.8 Å². The van der Waals surface area contributed by atoms with E-state index in [1.54, 1.807) is 0 Å². The van der Waals surface area contributed by atoms with Crippen LogP contribution in [0, 0.1) is 11.8 Å². The molecule has 0 N–H and O–H groups in total. The number of hydrogen-bond donors (Lipinski definition) is 0. The predicted molar refractivity (Wildman–Crippen MR) is 61.6 cm³/mol. The lowest BCUT2D eigenvalue weighted by Gasteiger charge is -2.28. The van der Waals surface area contributed by atoms with Crippen LogP contribution in [-0.2, 0) is 0 Å². The van der Waals surface area contributed by atoms with Gasteiger partial charge < -0.3 is 0 Å². The number of rotatable bonds is 0. The van der Waals surface area contributed by atoms with E-state index in [1.807, 2.05) is 0 Å². The molecule has 0 aliphatic heterocycles. The van der Waals surface area contributed by atoms with E-state index in [2.05, 4.69) is 59.6 Å². The average molecular weight is 294 g/mol. The molecule has 1 aliphatic rings. The van der Waals surface area contributed by atoms with Gasteiger partial charge in [0.05, 0.1) is 0 Å². The SMILES string of the molecule is CC1=C(Br)C(C)C(C)C(Br)=C1C. The topological polar surface area (TPSA) is 0 Å². The quantitative estimate of drug-likeness (QED) is 0.612. The number of halogens is 2. The Morgan fingerprint density at radius 3 is 1.33 bits per heavy atom. The first-order valence-electron chi connectivity index (χ1n) is 4.19. The molecule has 0 aromatic rings. The van der Waals surface area contributed by atoms with Crippen LogP contribution in [0.1, 0.15) is 27.7 Å². The molecule has 0 aromatic carbocycles. The molecule has 1 rings (SSSR count). The summed E-state index contributed by atoms with van der Waals surface area (Å²) in [6.07, 6.45) is 0. The minimum absolute atomic E-state index is 0.600. The Kier molecular flexibility index (Phi) is 3.21. The Bertz CT molecular complexity index is 233. The molecule has 0 heterocycles. The van der Waals surface area contributed by atoms with Crippen molar-refractivity contribution in [2.75, 3.05) is 0 Å². The van der Waals surface area contributed by atoms with Crippen LogP contribution < -0.4 is 0 Å². The molecule has 0 saturated carbocycles. The monoisotopic (exact) mass is 292 g/mol. The zero-order chi connectivity index (χ0) is 9.46. The highest BCUT2D eigenvalue weighted by atomic mass is 79.9. The van der Waals surface area contributed by atoms with Gasteiger partial charge in [0.15, 0.2) is 0 Å². The van der Waals surface area contributed by atoms with Crippen molar-refractivity contribution in [3.63, 3.8) is 0 Å². The summed E-state index contributed by atoms with van der Waals surface area (Å²) >= 11 is 7.30. The largest absolute Gasteiger partial charge is 0.0573 e. The molecule has 2 unspecified atom stereocenters. The van der Waals surface area contributed by atoms with E-state index in [-0.39, 0.29) is 0 Å². The second kappa shape index (κ2) is 3.67. The van der Waals surface area contributed by atoms with Crippen molar-refractivity contribution < 1.29 is 0 Å². The van der Waals surface area contributed by atoms with Crippen molar-refractivity contribution in [2.24, 2.45) is 11.8 Å². The highest BCUT2D eigenvalue weighted by molar-refractivity contribution is 9.12. The maximum Gasteiger partial charge on any atom is 0.00171 e. The third kappa shape index (κ3) is 1.56. The molecule has 0 spiro atoms. The molecule has 0 bridgehead atoms. The first-order valence-corrected chi connectivity index (χ1v) is 5.78. The van der Waals surface area contributed by atoms with Crippen LogP contribution in [0.25, 0.3) is 0 Å². The van der Waals surface area contributed by atoms with Crippen molar-refractivity contribution in [1.29, 1.82) is 0 Å². The molecule has 68 valence electrons. The highest BCUT2D eigenvalue weighted by Crippen LogP contribution is 2.43. The van der Waals surface area contributed by atoms with Gasteiger partial charge in [-0.05, 0) is 36.8 Å². The van der Waals surface area contributed by atoms with Gasteiger partial charge in [0, 0.05) is 8.96 Å². The summed E-state index contributed by atoms with van der Waals surface area (Å²) < 4.78 is 2.71. The van der Waals surface area contributed by atoms with E-state index >= 15 is 0 Å². The first kappa shape index (κ1) is 10.5. The van der Waals surface area contributed by atoms with Crippen molar-refractivity contribution in [1.82, 2.24) is 0 Å². The summed E-state index contributed by atoms with van der Waals surface area (Å²) in [5, 5.41) is 0. The molecule has 2 atom stereocenters. The second-order valence-electron chi connectivity index (χ2n) is 3.52. The van der Waals surface area contributed by atoms with Crippen LogP contribution in [0.15, 0.2) is 20.1 Å². The fourth-order valence-corrected chi connectivity index (χ4v) is 2.87. The molecule has 0 aromatic heterocycles. The summed E-state index contributed by atoms with van der Waals surface area (Å²) in [7, 11) is 0. The Balaban J connectivity index is 3.18. The van der Waals surface area contributed by atoms with Crippen molar-refractivity contribution >= 4 is 31.9 Å². The minimum atomic E-state index is 0.600. The Hall–Kier alpha value is 0.440. The summed E-state index contributed by atoms with van der Waals surface area (Å²) in [5.41, 5.74) is 2.76. The minimum Gasteiger partial charge on any atom is -0.0573 e. The van der Waals surface area contributed by atoms with Gasteiger partial charge in [-0.2, -0.15) is 0 Å². The van der Waals surface area contributed by atoms with Crippen molar-refractivity contribution in [2.45, 2.75) is 27.7 Å². The summed E-state index contributed by atoms with van der Waals surface area (Å²) in [5.74, 6) is 1.20.